The molecule has 2 aliphatic heterocycles. The van der Waals surface area contributed by atoms with Gasteiger partial charge in [-0.15, -0.1) is 0 Å². The molecule has 1 unspecified atom stereocenters. The molecular formula is C12H25N3. The smallest absolute Gasteiger partial charge is 0.0192 e. The number of rotatable bonds is 3. The van der Waals surface area contributed by atoms with Crippen molar-refractivity contribution in [1.29, 1.82) is 0 Å². The molecule has 0 spiro atoms. The third kappa shape index (κ3) is 3.74. The van der Waals surface area contributed by atoms with E-state index in [9.17, 15) is 0 Å². The van der Waals surface area contributed by atoms with Crippen LogP contribution in [0.3, 0.4) is 0 Å². The molecule has 0 aromatic heterocycles. The molecule has 2 aliphatic rings. The second kappa shape index (κ2) is 5.83. The Kier molecular flexibility index (Phi) is 4.42. The Morgan fingerprint density at radius 2 is 2.00 bits per heavy atom. The summed E-state index contributed by atoms with van der Waals surface area (Å²) in [5, 5.41) is 7.32. The van der Waals surface area contributed by atoms with Gasteiger partial charge in [-0.2, -0.15) is 0 Å². The van der Waals surface area contributed by atoms with Crippen molar-refractivity contribution < 1.29 is 0 Å². The van der Waals surface area contributed by atoms with Crippen molar-refractivity contribution in [2.75, 3.05) is 33.2 Å². The van der Waals surface area contributed by atoms with E-state index in [-0.39, 0.29) is 0 Å². The molecule has 1 atom stereocenters. The van der Waals surface area contributed by atoms with E-state index in [0.717, 1.165) is 12.1 Å². The van der Waals surface area contributed by atoms with E-state index >= 15 is 0 Å². The minimum absolute atomic E-state index is 0.735. The van der Waals surface area contributed by atoms with Gasteiger partial charge in [-0.05, 0) is 52.4 Å². The zero-order valence-corrected chi connectivity index (χ0v) is 9.97. The summed E-state index contributed by atoms with van der Waals surface area (Å²) in [4.78, 5) is 2.43. The van der Waals surface area contributed by atoms with Gasteiger partial charge < -0.3 is 15.5 Å². The molecule has 0 aromatic rings. The zero-order chi connectivity index (χ0) is 10.5. The molecule has 0 bridgehead atoms. The second-order valence-corrected chi connectivity index (χ2v) is 5.13. The maximum absolute atomic E-state index is 3.72. The molecule has 2 heterocycles. The van der Waals surface area contributed by atoms with Crippen molar-refractivity contribution in [2.24, 2.45) is 0 Å². The first-order chi connectivity index (χ1) is 7.34. The summed E-state index contributed by atoms with van der Waals surface area (Å²) in [6, 6.07) is 1.50. The monoisotopic (exact) mass is 211 g/mol. The molecule has 0 aliphatic carbocycles. The van der Waals surface area contributed by atoms with E-state index in [4.69, 9.17) is 0 Å². The lowest BCUT2D eigenvalue weighted by Gasteiger charge is -2.32. The molecule has 15 heavy (non-hydrogen) atoms. The fraction of sp³-hybridized carbons (Fsp3) is 1.00. The Hall–Kier alpha value is -0.120. The Labute approximate surface area is 93.6 Å². The topological polar surface area (TPSA) is 27.3 Å². The first-order valence-electron chi connectivity index (χ1n) is 6.50. The normalized spacial score (nSPS) is 30.6. The summed E-state index contributed by atoms with van der Waals surface area (Å²) in [5.41, 5.74) is 0. The number of likely N-dealkylation sites (tertiary alicyclic amines) is 1. The van der Waals surface area contributed by atoms with Gasteiger partial charge in [-0.25, -0.2) is 0 Å². The Morgan fingerprint density at radius 3 is 2.67 bits per heavy atom. The summed E-state index contributed by atoms with van der Waals surface area (Å²) in [6.07, 6.45) is 6.78. The van der Waals surface area contributed by atoms with E-state index in [1.165, 1.54) is 58.3 Å². The number of nitrogens with zero attached hydrogens (tertiary/aromatic N) is 1. The SMILES string of the molecule is CN1CCC(NCC2CCCCN2)CC1. The lowest BCUT2D eigenvalue weighted by molar-refractivity contribution is 0.228. The first-order valence-corrected chi connectivity index (χ1v) is 6.50. The molecule has 88 valence electrons. The lowest BCUT2D eigenvalue weighted by atomic mass is 10.0. The van der Waals surface area contributed by atoms with Crippen molar-refractivity contribution in [1.82, 2.24) is 15.5 Å². The maximum Gasteiger partial charge on any atom is 0.0192 e. The van der Waals surface area contributed by atoms with Crippen LogP contribution in [0.4, 0.5) is 0 Å². The molecule has 3 nitrogen and oxygen atoms in total. The summed E-state index contributed by atoms with van der Waals surface area (Å²) in [5.74, 6) is 0. The van der Waals surface area contributed by atoms with E-state index < -0.39 is 0 Å². The summed E-state index contributed by atoms with van der Waals surface area (Å²) in [6.45, 7) is 4.92. The first kappa shape index (κ1) is 11.4. The van der Waals surface area contributed by atoms with Crippen molar-refractivity contribution in [3.63, 3.8) is 0 Å². The molecule has 0 amide bonds. The van der Waals surface area contributed by atoms with Crippen LogP contribution in [0.15, 0.2) is 0 Å². The highest BCUT2D eigenvalue weighted by Crippen LogP contribution is 2.10. The molecular weight excluding hydrogens is 186 g/mol. The van der Waals surface area contributed by atoms with Crippen molar-refractivity contribution in [3.05, 3.63) is 0 Å². The second-order valence-electron chi connectivity index (χ2n) is 5.13. The van der Waals surface area contributed by atoms with Crippen LogP contribution in [0.25, 0.3) is 0 Å². The molecule has 3 heteroatoms. The number of nitrogens with one attached hydrogen (secondary N) is 2. The largest absolute Gasteiger partial charge is 0.313 e. The van der Waals surface area contributed by atoms with E-state index in [0.29, 0.717) is 0 Å². The Morgan fingerprint density at radius 1 is 1.20 bits per heavy atom. The van der Waals surface area contributed by atoms with Crippen LogP contribution < -0.4 is 10.6 Å². The van der Waals surface area contributed by atoms with Crippen molar-refractivity contribution >= 4 is 0 Å². The highest BCUT2D eigenvalue weighted by atomic mass is 15.1. The van der Waals surface area contributed by atoms with Crippen LogP contribution in [0.1, 0.15) is 32.1 Å². The van der Waals surface area contributed by atoms with Crippen molar-refractivity contribution in [3.8, 4) is 0 Å². The zero-order valence-electron chi connectivity index (χ0n) is 9.97. The Bertz CT molecular complexity index is 170. The quantitative estimate of drug-likeness (QED) is 0.723. The predicted octanol–water partition coefficient (Wildman–Crippen LogP) is 0.812. The standard InChI is InChI=1S/C12H25N3/c1-15-8-5-11(6-9-15)14-10-12-4-2-3-7-13-12/h11-14H,2-10H2,1H3. The average molecular weight is 211 g/mol. The van der Waals surface area contributed by atoms with Gasteiger partial charge in [0.25, 0.3) is 0 Å². The lowest BCUT2D eigenvalue weighted by Crippen LogP contribution is -2.47. The van der Waals surface area contributed by atoms with Crippen molar-refractivity contribution in [2.45, 2.75) is 44.2 Å². The fourth-order valence-corrected chi connectivity index (χ4v) is 2.62. The molecule has 2 fully saturated rings. The molecule has 0 saturated carbocycles. The number of piperidine rings is 2. The molecule has 2 saturated heterocycles. The average Bonchev–Trinajstić information content (AvgIpc) is 2.30. The summed E-state index contributed by atoms with van der Waals surface area (Å²) < 4.78 is 0. The number of hydrogen-bond acceptors (Lipinski definition) is 3. The van der Waals surface area contributed by atoms with Crippen LogP contribution >= 0.6 is 0 Å². The van der Waals surface area contributed by atoms with Gasteiger partial charge in [0.15, 0.2) is 0 Å². The van der Waals surface area contributed by atoms with Gasteiger partial charge in [0.05, 0.1) is 0 Å². The predicted molar refractivity (Wildman–Crippen MR) is 64.2 cm³/mol. The third-order valence-electron chi connectivity index (χ3n) is 3.78. The molecule has 0 aromatic carbocycles. The molecule has 2 rings (SSSR count). The summed E-state index contributed by atoms with van der Waals surface area (Å²) in [7, 11) is 2.22. The highest BCUT2D eigenvalue weighted by molar-refractivity contribution is 4.80. The van der Waals surface area contributed by atoms with Gasteiger partial charge in [0, 0.05) is 18.6 Å². The molecule has 2 N–H and O–H groups in total. The van der Waals surface area contributed by atoms with E-state index in [2.05, 4.69) is 22.6 Å². The third-order valence-corrected chi connectivity index (χ3v) is 3.78. The van der Waals surface area contributed by atoms with Gasteiger partial charge in [0.2, 0.25) is 0 Å². The minimum atomic E-state index is 0.735. The minimum Gasteiger partial charge on any atom is -0.313 e. The maximum atomic E-state index is 3.72. The van der Waals surface area contributed by atoms with E-state index in [1.807, 2.05) is 0 Å². The van der Waals surface area contributed by atoms with Crippen LogP contribution in [0, 0.1) is 0 Å². The van der Waals surface area contributed by atoms with Crippen LogP contribution in [0.5, 0.6) is 0 Å². The van der Waals surface area contributed by atoms with Gasteiger partial charge in [-0.1, -0.05) is 6.42 Å². The fourth-order valence-electron chi connectivity index (χ4n) is 2.62. The van der Waals surface area contributed by atoms with Crippen LogP contribution in [0.2, 0.25) is 0 Å². The number of hydrogen-bond donors (Lipinski definition) is 2. The van der Waals surface area contributed by atoms with Crippen LogP contribution in [-0.4, -0.2) is 50.2 Å². The van der Waals surface area contributed by atoms with Gasteiger partial charge >= 0.3 is 0 Å². The van der Waals surface area contributed by atoms with Crippen LogP contribution in [-0.2, 0) is 0 Å². The van der Waals surface area contributed by atoms with Gasteiger partial charge in [-0.3, -0.25) is 0 Å². The van der Waals surface area contributed by atoms with E-state index in [1.54, 1.807) is 0 Å². The summed E-state index contributed by atoms with van der Waals surface area (Å²) >= 11 is 0. The molecule has 0 radical (unpaired) electrons. The highest BCUT2D eigenvalue weighted by Gasteiger charge is 2.18. The van der Waals surface area contributed by atoms with Gasteiger partial charge in [0.1, 0.15) is 0 Å². The Balaban J connectivity index is 1.60.